The van der Waals surface area contributed by atoms with Gasteiger partial charge in [-0.3, -0.25) is 10.1 Å². The van der Waals surface area contributed by atoms with Gasteiger partial charge in [-0.15, -0.1) is 0 Å². The molecule has 7 heteroatoms. The number of hydrogen-bond acceptors (Lipinski definition) is 5. The summed E-state index contributed by atoms with van der Waals surface area (Å²) in [4.78, 5) is 21.7. The molecule has 0 atom stereocenters. The van der Waals surface area contributed by atoms with E-state index in [1.165, 1.54) is 24.3 Å². The Morgan fingerprint density at radius 2 is 1.92 bits per heavy atom. The summed E-state index contributed by atoms with van der Waals surface area (Å²) in [5.74, 6) is 0.0730. The molecule has 0 N–H and O–H groups in total. The molecule has 6 nitrogen and oxygen atoms in total. The number of nitro groups is 1. The quantitative estimate of drug-likeness (QED) is 0.250. The zero-order valence-corrected chi connectivity index (χ0v) is 13.3. The second-order valence-electron chi connectivity index (χ2n) is 4.66. The Labute approximate surface area is 143 Å². The van der Waals surface area contributed by atoms with Crippen LogP contribution in [0.3, 0.4) is 0 Å². The highest BCUT2D eigenvalue weighted by molar-refractivity contribution is 6.30. The van der Waals surface area contributed by atoms with Crippen LogP contribution in [0.5, 0.6) is 5.75 Å². The third kappa shape index (κ3) is 5.73. The van der Waals surface area contributed by atoms with Gasteiger partial charge in [-0.25, -0.2) is 4.79 Å². The minimum Gasteiger partial charge on any atom is -0.490 e. The van der Waals surface area contributed by atoms with Crippen molar-refractivity contribution >= 4 is 29.3 Å². The van der Waals surface area contributed by atoms with Gasteiger partial charge in [0.05, 0.1) is 4.92 Å². The molecule has 2 rings (SSSR count). The van der Waals surface area contributed by atoms with Crippen molar-refractivity contribution in [3.63, 3.8) is 0 Å². The molecule has 2 aromatic carbocycles. The van der Waals surface area contributed by atoms with Crippen LogP contribution in [0, 0.1) is 10.1 Å². The summed E-state index contributed by atoms with van der Waals surface area (Å²) in [5, 5.41) is 11.3. The number of halogens is 1. The topological polar surface area (TPSA) is 78.7 Å². The Morgan fingerprint density at radius 3 is 2.62 bits per heavy atom. The smallest absolute Gasteiger partial charge is 0.330 e. The summed E-state index contributed by atoms with van der Waals surface area (Å²) in [5.41, 5.74) is 0.500. The summed E-state index contributed by atoms with van der Waals surface area (Å²) in [6, 6.07) is 12.8. The average Bonchev–Trinajstić information content (AvgIpc) is 2.58. The lowest BCUT2D eigenvalue weighted by Gasteiger charge is -2.06. The largest absolute Gasteiger partial charge is 0.490 e. The zero-order valence-electron chi connectivity index (χ0n) is 12.6. The van der Waals surface area contributed by atoms with Crippen molar-refractivity contribution in [3.8, 4) is 5.75 Å². The molecular formula is C17H14ClNO5. The van der Waals surface area contributed by atoms with E-state index in [9.17, 15) is 14.9 Å². The predicted octanol–water partition coefficient (Wildman–Crippen LogP) is 3.88. The Hall–Kier alpha value is -2.86. The number of rotatable bonds is 7. The number of hydrogen-bond donors (Lipinski definition) is 0. The number of non-ortho nitro benzene ring substituents is 1. The number of carbonyl (C=O) groups is 1. The van der Waals surface area contributed by atoms with Crippen LogP contribution in [0.15, 0.2) is 54.6 Å². The lowest BCUT2D eigenvalue weighted by Crippen LogP contribution is -2.10. The van der Waals surface area contributed by atoms with Gasteiger partial charge in [-0.1, -0.05) is 23.7 Å². The number of carbonyl (C=O) groups excluding carboxylic acids is 1. The highest BCUT2D eigenvalue weighted by atomic mass is 35.5. The van der Waals surface area contributed by atoms with E-state index in [1.807, 2.05) is 0 Å². The van der Waals surface area contributed by atoms with E-state index in [0.717, 1.165) is 0 Å². The normalized spacial score (nSPS) is 10.5. The van der Waals surface area contributed by atoms with Crippen molar-refractivity contribution in [1.82, 2.24) is 0 Å². The van der Waals surface area contributed by atoms with Gasteiger partial charge in [0.1, 0.15) is 19.0 Å². The molecule has 0 aliphatic heterocycles. The minimum atomic E-state index is -0.554. The molecule has 0 bridgehead atoms. The number of nitro benzene ring substituents is 1. The van der Waals surface area contributed by atoms with E-state index < -0.39 is 10.9 Å². The number of benzene rings is 2. The maximum atomic E-state index is 11.6. The molecule has 0 spiro atoms. The molecule has 0 aliphatic rings. The van der Waals surface area contributed by atoms with Crippen LogP contribution in [0.25, 0.3) is 6.08 Å². The standard InChI is InChI=1S/C17H14ClNO5/c18-14-5-7-16(8-6-14)23-10-11-24-17(20)9-4-13-2-1-3-15(12-13)19(21)22/h1-9,12H,10-11H2/b9-4+. The first-order valence-electron chi connectivity index (χ1n) is 7.02. The summed E-state index contributed by atoms with van der Waals surface area (Å²) >= 11 is 5.76. The summed E-state index contributed by atoms with van der Waals surface area (Å²) in [6.45, 7) is 0.290. The lowest BCUT2D eigenvalue weighted by atomic mass is 10.2. The van der Waals surface area contributed by atoms with Crippen LogP contribution in [0.2, 0.25) is 5.02 Å². The molecular weight excluding hydrogens is 334 g/mol. The van der Waals surface area contributed by atoms with E-state index in [0.29, 0.717) is 16.3 Å². The molecule has 124 valence electrons. The van der Waals surface area contributed by atoms with Crippen LogP contribution < -0.4 is 4.74 Å². The Bertz CT molecular complexity index is 743. The first-order chi connectivity index (χ1) is 11.5. The van der Waals surface area contributed by atoms with E-state index >= 15 is 0 Å². The fourth-order valence-corrected chi connectivity index (χ4v) is 1.91. The molecule has 0 radical (unpaired) electrons. The first kappa shape index (κ1) is 17.5. The Morgan fingerprint density at radius 1 is 1.17 bits per heavy atom. The van der Waals surface area contributed by atoms with Crippen molar-refractivity contribution in [3.05, 3.63) is 75.3 Å². The van der Waals surface area contributed by atoms with Crippen LogP contribution in [-0.2, 0) is 9.53 Å². The fourth-order valence-electron chi connectivity index (χ4n) is 1.79. The van der Waals surface area contributed by atoms with Crippen LogP contribution >= 0.6 is 11.6 Å². The monoisotopic (exact) mass is 347 g/mol. The van der Waals surface area contributed by atoms with Crippen LogP contribution in [-0.4, -0.2) is 24.1 Å². The zero-order chi connectivity index (χ0) is 17.4. The maximum Gasteiger partial charge on any atom is 0.330 e. The molecule has 0 unspecified atom stereocenters. The number of ether oxygens (including phenoxy) is 2. The fraction of sp³-hybridized carbons (Fsp3) is 0.118. The predicted molar refractivity (Wildman–Crippen MR) is 90.0 cm³/mol. The van der Waals surface area contributed by atoms with Gasteiger partial charge in [0.15, 0.2) is 0 Å². The minimum absolute atomic E-state index is 0.0399. The molecule has 24 heavy (non-hydrogen) atoms. The van der Waals surface area contributed by atoms with Gasteiger partial charge in [-0.05, 0) is 35.9 Å². The van der Waals surface area contributed by atoms with Gasteiger partial charge in [0, 0.05) is 23.2 Å². The van der Waals surface area contributed by atoms with E-state index in [-0.39, 0.29) is 18.9 Å². The average molecular weight is 348 g/mol. The molecule has 0 aromatic heterocycles. The number of esters is 1. The van der Waals surface area contributed by atoms with Crippen molar-refractivity contribution in [2.45, 2.75) is 0 Å². The van der Waals surface area contributed by atoms with E-state index in [2.05, 4.69) is 0 Å². The molecule has 2 aromatic rings. The number of nitrogens with zero attached hydrogens (tertiary/aromatic N) is 1. The van der Waals surface area contributed by atoms with Crippen LogP contribution in [0.4, 0.5) is 5.69 Å². The summed E-state index contributed by atoms with van der Waals surface area (Å²) in [6.07, 6.45) is 2.66. The first-order valence-corrected chi connectivity index (χ1v) is 7.40. The van der Waals surface area contributed by atoms with Crippen molar-refractivity contribution < 1.29 is 19.2 Å². The van der Waals surface area contributed by atoms with Crippen molar-refractivity contribution in [2.75, 3.05) is 13.2 Å². The highest BCUT2D eigenvalue weighted by Crippen LogP contribution is 2.15. The third-order valence-electron chi connectivity index (χ3n) is 2.90. The van der Waals surface area contributed by atoms with E-state index in [1.54, 1.807) is 36.4 Å². The summed E-state index contributed by atoms with van der Waals surface area (Å²) < 4.78 is 10.4. The third-order valence-corrected chi connectivity index (χ3v) is 3.15. The maximum absolute atomic E-state index is 11.6. The van der Waals surface area contributed by atoms with Gasteiger partial charge < -0.3 is 9.47 Å². The molecule has 0 saturated carbocycles. The second-order valence-corrected chi connectivity index (χ2v) is 5.09. The Balaban J connectivity index is 1.75. The highest BCUT2D eigenvalue weighted by Gasteiger charge is 2.04. The Kier molecular flexibility index (Phi) is 6.33. The van der Waals surface area contributed by atoms with Gasteiger partial charge in [0.2, 0.25) is 0 Å². The van der Waals surface area contributed by atoms with Crippen molar-refractivity contribution in [1.29, 1.82) is 0 Å². The lowest BCUT2D eigenvalue weighted by molar-refractivity contribution is -0.384. The molecule has 0 fully saturated rings. The van der Waals surface area contributed by atoms with E-state index in [4.69, 9.17) is 21.1 Å². The van der Waals surface area contributed by atoms with Gasteiger partial charge in [0.25, 0.3) is 5.69 Å². The molecule has 0 saturated heterocycles. The second kappa shape index (κ2) is 8.69. The molecule has 0 aliphatic carbocycles. The van der Waals surface area contributed by atoms with Crippen LogP contribution in [0.1, 0.15) is 5.56 Å². The van der Waals surface area contributed by atoms with Gasteiger partial charge in [-0.2, -0.15) is 0 Å². The van der Waals surface area contributed by atoms with Gasteiger partial charge >= 0.3 is 5.97 Å². The summed E-state index contributed by atoms with van der Waals surface area (Å²) in [7, 11) is 0. The molecule has 0 amide bonds. The molecule has 0 heterocycles. The SMILES string of the molecule is O=C(/C=C/c1cccc([N+](=O)[O-])c1)OCCOc1ccc(Cl)cc1. The van der Waals surface area contributed by atoms with Crippen molar-refractivity contribution in [2.24, 2.45) is 0 Å².